The average Bonchev–Trinajstić information content (AvgIpc) is 2.87. The molecule has 3 aromatic rings. The summed E-state index contributed by atoms with van der Waals surface area (Å²) in [6, 6.07) is 18.3. The Morgan fingerprint density at radius 1 is 0.694 bits per heavy atom. The SMILES string of the molecule is C=CCOc1ccc(C(=O)Oc2ccc(OC(=O)c3ccc(OCC=C)cc3)c(C(C)(C)C)c2)cc1. The first-order chi connectivity index (χ1) is 17.2. The number of carbonyl (C=O) groups excluding carboxylic acids is 2. The summed E-state index contributed by atoms with van der Waals surface area (Å²) < 4.78 is 22.2. The number of hydrogen-bond acceptors (Lipinski definition) is 6. The minimum absolute atomic E-state index is 0.348. The highest BCUT2D eigenvalue weighted by atomic mass is 16.5. The van der Waals surface area contributed by atoms with Crippen LogP contribution in [0.1, 0.15) is 47.1 Å². The first-order valence-corrected chi connectivity index (χ1v) is 11.5. The van der Waals surface area contributed by atoms with Crippen LogP contribution in [-0.4, -0.2) is 25.2 Å². The maximum Gasteiger partial charge on any atom is 0.343 e. The molecule has 0 radical (unpaired) electrons. The van der Waals surface area contributed by atoms with E-state index in [-0.39, 0.29) is 5.41 Å². The summed E-state index contributed by atoms with van der Waals surface area (Å²) in [4.78, 5) is 25.4. The zero-order chi connectivity index (χ0) is 26.1. The van der Waals surface area contributed by atoms with E-state index in [0.29, 0.717) is 47.3 Å². The molecule has 0 aliphatic heterocycles. The molecule has 0 aliphatic rings. The normalized spacial score (nSPS) is 10.8. The van der Waals surface area contributed by atoms with Gasteiger partial charge in [-0.3, -0.25) is 0 Å². The summed E-state index contributed by atoms with van der Waals surface area (Å²) in [6.07, 6.45) is 3.29. The molecule has 0 N–H and O–H groups in total. The Bertz CT molecular complexity index is 1220. The summed E-state index contributed by atoms with van der Waals surface area (Å²) >= 11 is 0. The van der Waals surface area contributed by atoms with Crippen molar-refractivity contribution in [1.29, 1.82) is 0 Å². The minimum Gasteiger partial charge on any atom is -0.490 e. The first-order valence-electron chi connectivity index (χ1n) is 11.5. The van der Waals surface area contributed by atoms with Gasteiger partial charge in [0.25, 0.3) is 0 Å². The largest absolute Gasteiger partial charge is 0.490 e. The van der Waals surface area contributed by atoms with Crippen LogP contribution in [0.4, 0.5) is 0 Å². The first kappa shape index (κ1) is 26.3. The molecule has 0 amide bonds. The second kappa shape index (κ2) is 11.9. The van der Waals surface area contributed by atoms with Crippen molar-refractivity contribution in [1.82, 2.24) is 0 Å². The zero-order valence-electron chi connectivity index (χ0n) is 20.8. The maximum atomic E-state index is 12.8. The van der Waals surface area contributed by atoms with Crippen LogP contribution in [0.2, 0.25) is 0 Å². The molecule has 0 atom stereocenters. The molecular weight excluding hydrogens is 456 g/mol. The number of carbonyl (C=O) groups is 2. The molecule has 6 heteroatoms. The van der Waals surface area contributed by atoms with Gasteiger partial charge in [0.15, 0.2) is 0 Å². The lowest BCUT2D eigenvalue weighted by Crippen LogP contribution is -2.17. The molecule has 3 aromatic carbocycles. The molecule has 0 fully saturated rings. The van der Waals surface area contributed by atoms with Gasteiger partial charge in [-0.15, -0.1) is 0 Å². The highest BCUT2D eigenvalue weighted by Crippen LogP contribution is 2.35. The van der Waals surface area contributed by atoms with Crippen LogP contribution in [0.3, 0.4) is 0 Å². The molecule has 36 heavy (non-hydrogen) atoms. The smallest absolute Gasteiger partial charge is 0.343 e. The number of hydrogen-bond donors (Lipinski definition) is 0. The molecule has 0 aliphatic carbocycles. The van der Waals surface area contributed by atoms with Crippen LogP contribution < -0.4 is 18.9 Å². The molecule has 0 saturated heterocycles. The number of ether oxygens (including phenoxy) is 4. The van der Waals surface area contributed by atoms with Crippen molar-refractivity contribution in [3.05, 3.63) is 109 Å². The fraction of sp³-hybridized carbons (Fsp3) is 0.200. The van der Waals surface area contributed by atoms with Gasteiger partial charge < -0.3 is 18.9 Å². The Kier molecular flexibility index (Phi) is 8.68. The Morgan fingerprint density at radius 2 is 1.14 bits per heavy atom. The Hall–Kier alpha value is -4.32. The van der Waals surface area contributed by atoms with Crippen molar-refractivity contribution in [3.8, 4) is 23.0 Å². The molecule has 3 rings (SSSR count). The van der Waals surface area contributed by atoms with Gasteiger partial charge in [-0.05, 0) is 72.1 Å². The van der Waals surface area contributed by atoms with Gasteiger partial charge in [0.2, 0.25) is 0 Å². The van der Waals surface area contributed by atoms with Crippen LogP contribution in [-0.2, 0) is 5.41 Å². The van der Waals surface area contributed by atoms with E-state index < -0.39 is 11.9 Å². The molecule has 0 heterocycles. The fourth-order valence-electron chi connectivity index (χ4n) is 3.26. The van der Waals surface area contributed by atoms with Gasteiger partial charge in [-0.25, -0.2) is 9.59 Å². The van der Waals surface area contributed by atoms with Gasteiger partial charge in [0, 0.05) is 5.56 Å². The van der Waals surface area contributed by atoms with E-state index in [1.807, 2.05) is 20.8 Å². The lowest BCUT2D eigenvalue weighted by molar-refractivity contribution is 0.0716. The Balaban J connectivity index is 1.75. The minimum atomic E-state index is -0.506. The van der Waals surface area contributed by atoms with E-state index in [0.717, 1.165) is 5.56 Å². The summed E-state index contributed by atoms with van der Waals surface area (Å²) in [5, 5.41) is 0. The number of benzene rings is 3. The molecule has 0 aromatic heterocycles. The third-order valence-electron chi connectivity index (χ3n) is 5.09. The van der Waals surface area contributed by atoms with Crippen molar-refractivity contribution in [2.45, 2.75) is 26.2 Å². The average molecular weight is 487 g/mol. The predicted molar refractivity (Wildman–Crippen MR) is 139 cm³/mol. The van der Waals surface area contributed by atoms with Crippen molar-refractivity contribution >= 4 is 11.9 Å². The quantitative estimate of drug-likeness (QED) is 0.184. The lowest BCUT2D eigenvalue weighted by Gasteiger charge is -2.23. The molecule has 6 nitrogen and oxygen atoms in total. The molecule has 186 valence electrons. The molecule has 0 unspecified atom stereocenters. The van der Waals surface area contributed by atoms with E-state index in [9.17, 15) is 9.59 Å². The van der Waals surface area contributed by atoms with Gasteiger partial charge in [-0.2, -0.15) is 0 Å². The molecule has 0 saturated carbocycles. The van der Waals surface area contributed by atoms with Crippen molar-refractivity contribution in [3.63, 3.8) is 0 Å². The Labute approximate surface area is 211 Å². The predicted octanol–water partition coefficient (Wildman–Crippen LogP) is 6.55. The van der Waals surface area contributed by atoms with Gasteiger partial charge >= 0.3 is 11.9 Å². The van der Waals surface area contributed by atoms with Crippen molar-refractivity contribution in [2.75, 3.05) is 13.2 Å². The van der Waals surface area contributed by atoms with Crippen LogP contribution >= 0.6 is 0 Å². The van der Waals surface area contributed by atoms with Crippen molar-refractivity contribution < 1.29 is 28.5 Å². The summed E-state index contributed by atoms with van der Waals surface area (Å²) in [5.41, 5.74) is 1.11. The molecule has 0 spiro atoms. The van der Waals surface area contributed by atoms with Crippen LogP contribution in [0.5, 0.6) is 23.0 Å². The standard InChI is InChI=1S/C30H30O6/c1-6-18-33-23-12-8-21(9-13-23)28(31)35-25-16-17-27(26(20-25)30(3,4)5)36-29(32)22-10-14-24(15-11-22)34-19-7-2/h6-17,20H,1-2,18-19H2,3-5H3. The van der Waals surface area contributed by atoms with E-state index >= 15 is 0 Å². The number of esters is 2. The van der Waals surface area contributed by atoms with Gasteiger partial charge in [0.1, 0.15) is 36.2 Å². The molecular formula is C30H30O6. The lowest BCUT2D eigenvalue weighted by atomic mass is 9.86. The third-order valence-corrected chi connectivity index (χ3v) is 5.09. The second-order valence-electron chi connectivity index (χ2n) is 8.94. The van der Waals surface area contributed by atoms with E-state index in [1.54, 1.807) is 78.9 Å². The van der Waals surface area contributed by atoms with Gasteiger partial charge in [-0.1, -0.05) is 46.1 Å². The number of rotatable bonds is 10. The van der Waals surface area contributed by atoms with Crippen LogP contribution in [0.15, 0.2) is 92.0 Å². The highest BCUT2D eigenvalue weighted by molar-refractivity contribution is 5.92. The fourth-order valence-corrected chi connectivity index (χ4v) is 3.26. The van der Waals surface area contributed by atoms with E-state index in [1.165, 1.54) is 0 Å². The highest BCUT2D eigenvalue weighted by Gasteiger charge is 2.23. The summed E-state index contributed by atoms with van der Waals surface area (Å²) in [6.45, 7) is 13.9. The topological polar surface area (TPSA) is 71.1 Å². The second-order valence-corrected chi connectivity index (χ2v) is 8.94. The molecule has 0 bridgehead atoms. The van der Waals surface area contributed by atoms with E-state index in [2.05, 4.69) is 13.2 Å². The van der Waals surface area contributed by atoms with Crippen LogP contribution in [0, 0.1) is 0 Å². The third kappa shape index (κ3) is 7.09. The van der Waals surface area contributed by atoms with E-state index in [4.69, 9.17) is 18.9 Å². The summed E-state index contributed by atoms with van der Waals surface area (Å²) in [7, 11) is 0. The zero-order valence-corrected chi connectivity index (χ0v) is 20.8. The maximum absolute atomic E-state index is 12.8. The Morgan fingerprint density at radius 3 is 1.58 bits per heavy atom. The monoisotopic (exact) mass is 486 g/mol. The summed E-state index contributed by atoms with van der Waals surface area (Å²) in [5.74, 6) is 0.995. The van der Waals surface area contributed by atoms with Crippen molar-refractivity contribution in [2.24, 2.45) is 0 Å². The van der Waals surface area contributed by atoms with Gasteiger partial charge in [0.05, 0.1) is 11.1 Å². The van der Waals surface area contributed by atoms with Crippen LogP contribution in [0.25, 0.3) is 0 Å².